The van der Waals surface area contributed by atoms with Crippen molar-refractivity contribution in [3.05, 3.63) is 54.1 Å². The van der Waals surface area contributed by atoms with Gasteiger partial charge in [0.15, 0.2) is 5.16 Å². The van der Waals surface area contributed by atoms with Crippen LogP contribution in [0.15, 0.2) is 58.6 Å². The van der Waals surface area contributed by atoms with Gasteiger partial charge in [-0.25, -0.2) is 13.4 Å². The van der Waals surface area contributed by atoms with Gasteiger partial charge < -0.3 is 4.98 Å². The highest BCUT2D eigenvalue weighted by Gasteiger charge is 2.29. The van der Waals surface area contributed by atoms with Gasteiger partial charge in [-0.05, 0) is 49.6 Å². The van der Waals surface area contributed by atoms with E-state index >= 15 is 0 Å². The first-order valence-corrected chi connectivity index (χ1v) is 12.5. The van der Waals surface area contributed by atoms with Crippen LogP contribution in [-0.2, 0) is 10.0 Å². The van der Waals surface area contributed by atoms with Gasteiger partial charge in [0.05, 0.1) is 15.9 Å². The molecule has 2 aromatic carbocycles. The van der Waals surface area contributed by atoms with Gasteiger partial charge in [-0.1, -0.05) is 55.3 Å². The van der Waals surface area contributed by atoms with E-state index in [0.717, 1.165) is 47.4 Å². The Morgan fingerprint density at radius 3 is 2.45 bits per heavy atom. The van der Waals surface area contributed by atoms with Crippen molar-refractivity contribution in [2.75, 3.05) is 7.05 Å². The number of nitrogens with zero attached hydrogens (tertiary/aromatic N) is 2. The fourth-order valence-electron chi connectivity index (χ4n) is 3.94. The molecule has 1 fully saturated rings. The van der Waals surface area contributed by atoms with Crippen LogP contribution in [0, 0.1) is 0 Å². The summed E-state index contributed by atoms with van der Waals surface area (Å²) in [6.07, 6.45) is 5.35. The summed E-state index contributed by atoms with van der Waals surface area (Å²) < 4.78 is 27.6. The number of imidazole rings is 1. The van der Waals surface area contributed by atoms with E-state index in [1.165, 1.54) is 6.42 Å². The molecule has 0 radical (unpaired) electrons. The van der Waals surface area contributed by atoms with Gasteiger partial charge in [0.1, 0.15) is 0 Å². The van der Waals surface area contributed by atoms with Crippen molar-refractivity contribution < 1.29 is 8.42 Å². The monoisotopic (exact) mass is 429 g/mol. The zero-order valence-corrected chi connectivity index (χ0v) is 18.5. The summed E-state index contributed by atoms with van der Waals surface area (Å²) >= 11 is 1.64. The zero-order valence-electron chi connectivity index (χ0n) is 16.8. The second-order valence-corrected chi connectivity index (χ2v) is 11.0. The van der Waals surface area contributed by atoms with Crippen molar-refractivity contribution in [2.24, 2.45) is 0 Å². The summed E-state index contributed by atoms with van der Waals surface area (Å²) in [7, 11) is -1.73. The number of sulfonamides is 1. The molecule has 0 spiro atoms. The van der Waals surface area contributed by atoms with Gasteiger partial charge in [-0.15, -0.1) is 0 Å². The molecule has 1 aliphatic rings. The van der Waals surface area contributed by atoms with Crippen molar-refractivity contribution in [3.8, 4) is 0 Å². The van der Waals surface area contributed by atoms with E-state index in [9.17, 15) is 8.42 Å². The molecule has 0 bridgehead atoms. The van der Waals surface area contributed by atoms with Crippen LogP contribution in [-0.4, -0.2) is 35.8 Å². The molecule has 7 heteroatoms. The topological polar surface area (TPSA) is 66.1 Å². The Morgan fingerprint density at radius 1 is 1.07 bits per heavy atom. The Balaban J connectivity index is 1.47. The first-order chi connectivity index (χ1) is 13.9. The molecule has 1 atom stereocenters. The quantitative estimate of drug-likeness (QED) is 0.535. The first-order valence-electron chi connectivity index (χ1n) is 10.1. The standard InChI is InChI=1S/C22H27N3O2S2/c1-16(28-22-23-20-10-6-7-11-21(20)24-22)17-12-14-19(15-13-17)29(26,27)25(2)18-8-4-3-5-9-18/h6-7,10-16,18H,3-5,8-9H2,1-2H3,(H,23,24). The predicted molar refractivity (Wildman–Crippen MR) is 119 cm³/mol. The lowest BCUT2D eigenvalue weighted by Crippen LogP contribution is -2.38. The van der Waals surface area contributed by atoms with E-state index < -0.39 is 10.0 Å². The second kappa shape index (κ2) is 8.50. The number of benzene rings is 2. The molecule has 4 rings (SSSR count). The third-order valence-corrected chi connectivity index (χ3v) is 8.74. The predicted octanol–water partition coefficient (Wildman–Crippen LogP) is 5.37. The fourth-order valence-corrected chi connectivity index (χ4v) is 6.30. The van der Waals surface area contributed by atoms with Crippen LogP contribution < -0.4 is 0 Å². The molecule has 1 N–H and O–H groups in total. The Morgan fingerprint density at radius 2 is 1.76 bits per heavy atom. The van der Waals surface area contributed by atoms with Crippen LogP contribution >= 0.6 is 11.8 Å². The molecule has 3 aromatic rings. The van der Waals surface area contributed by atoms with E-state index in [2.05, 4.69) is 16.9 Å². The minimum atomic E-state index is -3.45. The Bertz CT molecular complexity index is 1040. The van der Waals surface area contributed by atoms with Gasteiger partial charge in [-0.2, -0.15) is 4.31 Å². The molecule has 1 saturated carbocycles. The van der Waals surface area contributed by atoms with Crippen LogP contribution in [0.4, 0.5) is 0 Å². The number of fused-ring (bicyclic) bond motifs is 1. The highest BCUT2D eigenvalue weighted by Crippen LogP contribution is 2.35. The summed E-state index contributed by atoms with van der Waals surface area (Å²) in [6, 6.07) is 15.4. The number of nitrogens with one attached hydrogen (secondary N) is 1. The zero-order chi connectivity index (χ0) is 20.4. The number of aromatic amines is 1. The first kappa shape index (κ1) is 20.4. The van der Waals surface area contributed by atoms with E-state index in [4.69, 9.17) is 0 Å². The number of H-pyrrole nitrogens is 1. The van der Waals surface area contributed by atoms with Gasteiger partial charge in [0.2, 0.25) is 10.0 Å². The largest absolute Gasteiger partial charge is 0.333 e. The smallest absolute Gasteiger partial charge is 0.243 e. The number of thioether (sulfide) groups is 1. The molecular weight excluding hydrogens is 402 g/mol. The van der Waals surface area contributed by atoms with Gasteiger partial charge in [0.25, 0.3) is 0 Å². The Kier molecular flexibility index (Phi) is 5.99. The SMILES string of the molecule is CC(Sc1nc2ccccc2[nH]1)c1ccc(S(=O)(=O)N(C)C2CCCCC2)cc1. The Labute approximate surface area is 177 Å². The van der Waals surface area contributed by atoms with Crippen LogP contribution in [0.25, 0.3) is 11.0 Å². The summed E-state index contributed by atoms with van der Waals surface area (Å²) in [5, 5.41) is 1.02. The number of rotatable bonds is 6. The summed E-state index contributed by atoms with van der Waals surface area (Å²) in [5.74, 6) is 0. The van der Waals surface area contributed by atoms with E-state index in [0.29, 0.717) is 4.90 Å². The molecule has 1 heterocycles. The van der Waals surface area contributed by atoms with Crippen molar-refractivity contribution >= 4 is 32.8 Å². The molecule has 1 aromatic heterocycles. The van der Waals surface area contributed by atoms with Crippen LogP contribution in [0.5, 0.6) is 0 Å². The fraction of sp³-hybridized carbons (Fsp3) is 0.409. The molecule has 1 aliphatic carbocycles. The normalized spacial score (nSPS) is 17.1. The highest BCUT2D eigenvalue weighted by atomic mass is 32.2. The summed E-state index contributed by atoms with van der Waals surface area (Å²) in [4.78, 5) is 8.32. The van der Waals surface area contributed by atoms with Crippen molar-refractivity contribution in [1.82, 2.24) is 14.3 Å². The van der Waals surface area contributed by atoms with Gasteiger partial charge in [0, 0.05) is 18.3 Å². The van der Waals surface area contributed by atoms with Crippen LogP contribution in [0.1, 0.15) is 49.8 Å². The van der Waals surface area contributed by atoms with Crippen molar-refractivity contribution in [1.29, 1.82) is 0 Å². The molecule has 0 saturated heterocycles. The molecule has 0 aliphatic heterocycles. The summed E-state index contributed by atoms with van der Waals surface area (Å²) in [6.45, 7) is 2.11. The number of para-hydroxylation sites is 2. The maximum atomic E-state index is 13.0. The lowest BCUT2D eigenvalue weighted by molar-refractivity contribution is 0.286. The average Bonchev–Trinajstić information content (AvgIpc) is 3.16. The average molecular weight is 430 g/mol. The second-order valence-electron chi connectivity index (χ2n) is 7.70. The minimum absolute atomic E-state index is 0.121. The molecule has 5 nitrogen and oxygen atoms in total. The lowest BCUT2D eigenvalue weighted by Gasteiger charge is -2.30. The molecule has 154 valence electrons. The van der Waals surface area contributed by atoms with E-state index in [-0.39, 0.29) is 11.3 Å². The maximum Gasteiger partial charge on any atom is 0.243 e. The minimum Gasteiger partial charge on any atom is -0.333 e. The molecule has 29 heavy (non-hydrogen) atoms. The molecule has 0 amide bonds. The van der Waals surface area contributed by atoms with Crippen LogP contribution in [0.2, 0.25) is 0 Å². The number of hydrogen-bond donors (Lipinski definition) is 1. The lowest BCUT2D eigenvalue weighted by atomic mass is 9.96. The highest BCUT2D eigenvalue weighted by molar-refractivity contribution is 7.99. The molecular formula is C22H27N3O2S2. The third-order valence-electron chi connectivity index (χ3n) is 5.77. The van der Waals surface area contributed by atoms with Crippen molar-refractivity contribution in [3.63, 3.8) is 0 Å². The maximum absolute atomic E-state index is 13.0. The van der Waals surface area contributed by atoms with Gasteiger partial charge >= 0.3 is 0 Å². The van der Waals surface area contributed by atoms with E-state index in [1.54, 1.807) is 35.2 Å². The number of hydrogen-bond acceptors (Lipinski definition) is 4. The third kappa shape index (κ3) is 4.37. The van der Waals surface area contributed by atoms with E-state index in [1.807, 2.05) is 36.4 Å². The van der Waals surface area contributed by atoms with Crippen molar-refractivity contribution in [2.45, 2.75) is 60.4 Å². The number of aromatic nitrogens is 2. The van der Waals surface area contributed by atoms with Gasteiger partial charge in [-0.3, -0.25) is 0 Å². The van der Waals surface area contributed by atoms with Crippen LogP contribution in [0.3, 0.4) is 0 Å². The Hall–Kier alpha value is -1.83. The molecule has 1 unspecified atom stereocenters. The summed E-state index contributed by atoms with van der Waals surface area (Å²) in [5.41, 5.74) is 3.05.